The minimum atomic E-state index is 0.821. The summed E-state index contributed by atoms with van der Waals surface area (Å²) in [6.45, 7) is 6.42. The van der Waals surface area contributed by atoms with Crippen LogP contribution in [0, 0.1) is 6.92 Å². The molecule has 0 atom stereocenters. The van der Waals surface area contributed by atoms with Crippen LogP contribution in [0.3, 0.4) is 0 Å². The van der Waals surface area contributed by atoms with Gasteiger partial charge in [0, 0.05) is 5.69 Å². The minimum absolute atomic E-state index is 0.821. The standard InChI is InChI=1S/C14H21N3/c1-4-6-7-12-13(15)17-10(3)8-9-11(5-2)14(17)16-12/h8-9H,4-7,15H2,1-3H3. The van der Waals surface area contributed by atoms with Crippen LogP contribution in [0.15, 0.2) is 12.1 Å². The fourth-order valence-corrected chi connectivity index (χ4v) is 2.23. The maximum Gasteiger partial charge on any atom is 0.142 e. The van der Waals surface area contributed by atoms with Gasteiger partial charge in [-0.3, -0.25) is 4.40 Å². The number of unbranched alkanes of at least 4 members (excludes halogenated alkanes) is 1. The van der Waals surface area contributed by atoms with E-state index in [2.05, 4.69) is 37.3 Å². The molecule has 2 N–H and O–H groups in total. The number of aromatic nitrogens is 2. The molecular formula is C14H21N3. The van der Waals surface area contributed by atoms with Gasteiger partial charge in [-0.1, -0.05) is 26.3 Å². The second kappa shape index (κ2) is 4.78. The first-order valence-electron chi connectivity index (χ1n) is 6.44. The summed E-state index contributed by atoms with van der Waals surface area (Å²) < 4.78 is 2.09. The van der Waals surface area contributed by atoms with E-state index in [1.807, 2.05) is 0 Å². The molecule has 92 valence electrons. The van der Waals surface area contributed by atoms with Gasteiger partial charge < -0.3 is 5.73 Å². The van der Waals surface area contributed by atoms with Gasteiger partial charge >= 0.3 is 0 Å². The number of hydrogen-bond acceptors (Lipinski definition) is 2. The second-order valence-electron chi connectivity index (χ2n) is 4.56. The zero-order valence-electron chi connectivity index (χ0n) is 11.0. The number of nitrogens with two attached hydrogens (primary N) is 1. The van der Waals surface area contributed by atoms with Gasteiger partial charge in [-0.2, -0.15) is 0 Å². The lowest BCUT2D eigenvalue weighted by Crippen LogP contribution is -2.00. The third-order valence-corrected chi connectivity index (χ3v) is 3.30. The Labute approximate surface area is 103 Å². The Hall–Kier alpha value is -1.51. The van der Waals surface area contributed by atoms with Crippen molar-refractivity contribution < 1.29 is 0 Å². The van der Waals surface area contributed by atoms with E-state index in [1.54, 1.807) is 0 Å². The van der Waals surface area contributed by atoms with E-state index in [0.717, 1.165) is 42.1 Å². The van der Waals surface area contributed by atoms with Crippen molar-refractivity contribution in [2.24, 2.45) is 0 Å². The van der Waals surface area contributed by atoms with Gasteiger partial charge in [0.2, 0.25) is 0 Å². The number of fused-ring (bicyclic) bond motifs is 1. The van der Waals surface area contributed by atoms with Crippen LogP contribution in [0.4, 0.5) is 5.82 Å². The topological polar surface area (TPSA) is 43.3 Å². The molecule has 0 amide bonds. The van der Waals surface area contributed by atoms with Crippen molar-refractivity contribution in [1.82, 2.24) is 9.38 Å². The van der Waals surface area contributed by atoms with Gasteiger partial charge in [0.15, 0.2) is 0 Å². The van der Waals surface area contributed by atoms with Crippen LogP contribution >= 0.6 is 0 Å². The highest BCUT2D eigenvalue weighted by atomic mass is 15.1. The van der Waals surface area contributed by atoms with E-state index in [-0.39, 0.29) is 0 Å². The highest BCUT2D eigenvalue weighted by molar-refractivity contribution is 5.59. The monoisotopic (exact) mass is 231 g/mol. The Morgan fingerprint density at radius 2 is 2.06 bits per heavy atom. The molecule has 0 spiro atoms. The smallest absolute Gasteiger partial charge is 0.142 e. The third-order valence-electron chi connectivity index (χ3n) is 3.30. The molecule has 0 aliphatic heterocycles. The molecule has 0 saturated carbocycles. The summed E-state index contributed by atoms with van der Waals surface area (Å²) in [5.74, 6) is 0.821. The van der Waals surface area contributed by atoms with Crippen LogP contribution in [0.2, 0.25) is 0 Å². The van der Waals surface area contributed by atoms with Crippen LogP contribution in [-0.2, 0) is 12.8 Å². The predicted molar refractivity (Wildman–Crippen MR) is 72.3 cm³/mol. The molecule has 2 aromatic rings. The van der Waals surface area contributed by atoms with Crippen molar-refractivity contribution in [3.63, 3.8) is 0 Å². The first-order chi connectivity index (χ1) is 8.19. The van der Waals surface area contributed by atoms with Crippen molar-refractivity contribution in [3.05, 3.63) is 29.1 Å². The highest BCUT2D eigenvalue weighted by Crippen LogP contribution is 2.22. The summed E-state index contributed by atoms with van der Waals surface area (Å²) in [6.07, 6.45) is 4.29. The number of rotatable bonds is 4. The Morgan fingerprint density at radius 3 is 2.71 bits per heavy atom. The van der Waals surface area contributed by atoms with Gasteiger partial charge in [0.05, 0.1) is 5.69 Å². The second-order valence-corrected chi connectivity index (χ2v) is 4.56. The van der Waals surface area contributed by atoms with Gasteiger partial charge in [-0.25, -0.2) is 4.98 Å². The summed E-state index contributed by atoms with van der Waals surface area (Å²) in [5.41, 5.74) is 10.7. The molecule has 0 unspecified atom stereocenters. The van der Waals surface area contributed by atoms with Crippen LogP contribution in [0.25, 0.3) is 5.65 Å². The van der Waals surface area contributed by atoms with E-state index < -0.39 is 0 Å². The molecule has 3 nitrogen and oxygen atoms in total. The summed E-state index contributed by atoms with van der Waals surface area (Å²) in [7, 11) is 0. The van der Waals surface area contributed by atoms with Crippen LogP contribution in [0.5, 0.6) is 0 Å². The number of pyridine rings is 1. The maximum atomic E-state index is 6.20. The SMILES string of the molecule is CCCCc1nc2c(CC)ccc(C)n2c1N. The van der Waals surface area contributed by atoms with Gasteiger partial charge in [0.1, 0.15) is 11.5 Å². The lowest BCUT2D eigenvalue weighted by atomic mass is 10.2. The van der Waals surface area contributed by atoms with Crippen LogP contribution in [-0.4, -0.2) is 9.38 Å². The highest BCUT2D eigenvalue weighted by Gasteiger charge is 2.12. The molecule has 3 heteroatoms. The van der Waals surface area contributed by atoms with E-state index in [0.29, 0.717) is 0 Å². The normalized spacial score (nSPS) is 11.2. The number of nitrogen functional groups attached to an aromatic ring is 1. The number of nitrogens with zero attached hydrogens (tertiary/aromatic N) is 2. The first-order valence-corrected chi connectivity index (χ1v) is 6.44. The quantitative estimate of drug-likeness (QED) is 0.878. The molecule has 0 aliphatic carbocycles. The lowest BCUT2D eigenvalue weighted by molar-refractivity contribution is 0.783. The largest absolute Gasteiger partial charge is 0.383 e. The van der Waals surface area contributed by atoms with Crippen molar-refractivity contribution in [2.75, 3.05) is 5.73 Å². The molecule has 0 bridgehead atoms. The van der Waals surface area contributed by atoms with E-state index in [9.17, 15) is 0 Å². The molecule has 0 radical (unpaired) electrons. The number of hydrogen-bond donors (Lipinski definition) is 1. The summed E-state index contributed by atoms with van der Waals surface area (Å²) in [6, 6.07) is 4.27. The van der Waals surface area contributed by atoms with Gasteiger partial charge in [-0.15, -0.1) is 0 Å². The fraction of sp³-hybridized carbons (Fsp3) is 0.500. The zero-order valence-corrected chi connectivity index (χ0v) is 11.0. The van der Waals surface area contributed by atoms with E-state index in [4.69, 9.17) is 10.7 Å². The molecule has 17 heavy (non-hydrogen) atoms. The summed E-state index contributed by atoms with van der Waals surface area (Å²) >= 11 is 0. The molecular weight excluding hydrogens is 210 g/mol. The van der Waals surface area contributed by atoms with Crippen molar-refractivity contribution >= 4 is 11.5 Å². The molecule has 0 fully saturated rings. The molecule has 0 aromatic carbocycles. The summed E-state index contributed by atoms with van der Waals surface area (Å²) in [5, 5.41) is 0. The minimum Gasteiger partial charge on any atom is -0.383 e. The Morgan fingerprint density at radius 1 is 1.29 bits per heavy atom. The molecule has 2 heterocycles. The average Bonchev–Trinajstić information content (AvgIpc) is 2.66. The number of anilines is 1. The first kappa shape index (κ1) is 12.0. The van der Waals surface area contributed by atoms with Gasteiger partial charge in [0.25, 0.3) is 0 Å². The molecule has 2 aromatic heterocycles. The number of imidazole rings is 1. The van der Waals surface area contributed by atoms with E-state index >= 15 is 0 Å². The van der Waals surface area contributed by atoms with Crippen molar-refractivity contribution in [3.8, 4) is 0 Å². The third kappa shape index (κ3) is 2.02. The Balaban J connectivity index is 2.59. The maximum absolute atomic E-state index is 6.20. The van der Waals surface area contributed by atoms with Gasteiger partial charge in [-0.05, 0) is 37.8 Å². The average molecular weight is 231 g/mol. The van der Waals surface area contributed by atoms with Crippen molar-refractivity contribution in [2.45, 2.75) is 46.5 Å². The van der Waals surface area contributed by atoms with Crippen LogP contribution in [0.1, 0.15) is 43.6 Å². The molecule has 0 aliphatic rings. The number of aryl methyl sites for hydroxylation is 3. The molecule has 0 saturated heterocycles. The fourth-order valence-electron chi connectivity index (χ4n) is 2.23. The van der Waals surface area contributed by atoms with Crippen LogP contribution < -0.4 is 5.73 Å². The lowest BCUT2D eigenvalue weighted by Gasteiger charge is -2.05. The Bertz CT molecular complexity index is 526. The zero-order chi connectivity index (χ0) is 12.4. The van der Waals surface area contributed by atoms with E-state index in [1.165, 1.54) is 12.0 Å². The predicted octanol–water partition coefficient (Wildman–Crippen LogP) is 3.13. The Kier molecular flexibility index (Phi) is 3.36. The van der Waals surface area contributed by atoms with Crippen molar-refractivity contribution in [1.29, 1.82) is 0 Å². The summed E-state index contributed by atoms with van der Waals surface area (Å²) in [4.78, 5) is 4.72. The molecule has 2 rings (SSSR count).